The van der Waals surface area contributed by atoms with Gasteiger partial charge in [-0.2, -0.15) is 0 Å². The lowest BCUT2D eigenvalue weighted by atomic mass is 10.1. The maximum Gasteiger partial charge on any atom is 0.319 e. The molecule has 2 N–H and O–H groups in total. The zero-order chi connectivity index (χ0) is 23.3. The first-order chi connectivity index (χ1) is 16.7. The second-order valence-corrected chi connectivity index (χ2v) is 9.24. The highest BCUT2D eigenvalue weighted by Crippen LogP contribution is 2.32. The van der Waals surface area contributed by atoms with Crippen molar-refractivity contribution >= 4 is 34.0 Å². The Bertz CT molecular complexity index is 1260. The third kappa shape index (κ3) is 5.14. The van der Waals surface area contributed by atoms with E-state index in [2.05, 4.69) is 50.6 Å². The van der Waals surface area contributed by atoms with E-state index in [1.54, 1.807) is 11.3 Å². The van der Waals surface area contributed by atoms with Gasteiger partial charge in [-0.05, 0) is 30.7 Å². The summed E-state index contributed by atoms with van der Waals surface area (Å²) in [5.41, 5.74) is 5.11. The summed E-state index contributed by atoms with van der Waals surface area (Å²) in [6, 6.07) is 16.0. The molecule has 0 atom stereocenters. The molecule has 34 heavy (non-hydrogen) atoms. The van der Waals surface area contributed by atoms with E-state index in [1.807, 2.05) is 36.5 Å². The second kappa shape index (κ2) is 10.4. The van der Waals surface area contributed by atoms with Crippen LogP contribution in [0.5, 0.6) is 0 Å². The average molecular weight is 476 g/mol. The van der Waals surface area contributed by atoms with Crippen LogP contribution in [0.15, 0.2) is 60.1 Å². The van der Waals surface area contributed by atoms with Crippen LogP contribution < -0.4 is 10.6 Å². The van der Waals surface area contributed by atoms with Crippen LogP contribution in [0, 0.1) is 0 Å². The highest BCUT2D eigenvalue weighted by molar-refractivity contribution is 7.13. The molecule has 0 spiro atoms. The average Bonchev–Trinajstić information content (AvgIpc) is 3.48. The Kier molecular flexibility index (Phi) is 6.89. The number of morpholine rings is 1. The Labute approximate surface area is 203 Å². The van der Waals surface area contributed by atoms with E-state index in [9.17, 15) is 4.79 Å². The van der Waals surface area contributed by atoms with E-state index < -0.39 is 0 Å². The third-order valence-corrected chi connectivity index (χ3v) is 6.99. The van der Waals surface area contributed by atoms with Gasteiger partial charge in [-0.15, -0.1) is 11.3 Å². The summed E-state index contributed by atoms with van der Waals surface area (Å²) in [6.07, 6.45) is 2.00. The predicted octanol–water partition coefficient (Wildman–Crippen LogP) is 4.94. The number of aromatic nitrogens is 2. The number of carbonyl (C=O) groups is 1. The van der Waals surface area contributed by atoms with Gasteiger partial charge in [0.15, 0.2) is 0 Å². The Morgan fingerprint density at radius 2 is 1.97 bits per heavy atom. The van der Waals surface area contributed by atoms with Crippen molar-refractivity contribution in [2.45, 2.75) is 26.6 Å². The van der Waals surface area contributed by atoms with Crippen molar-refractivity contribution in [2.24, 2.45) is 0 Å². The van der Waals surface area contributed by atoms with Gasteiger partial charge < -0.3 is 19.9 Å². The number of hydrogen-bond acceptors (Lipinski definition) is 5. The molecular weight excluding hydrogens is 446 g/mol. The SMILES string of the molecule is CCn1cc(NC(=O)NCc2ccccc2)c2cc(-c3nc(CN4CCOCC4)cs3)ccc21. The summed E-state index contributed by atoms with van der Waals surface area (Å²) < 4.78 is 7.59. The van der Waals surface area contributed by atoms with Crippen molar-refractivity contribution < 1.29 is 9.53 Å². The van der Waals surface area contributed by atoms with Crippen molar-refractivity contribution in [2.75, 3.05) is 31.6 Å². The largest absolute Gasteiger partial charge is 0.379 e. The van der Waals surface area contributed by atoms with Crippen LogP contribution in [-0.4, -0.2) is 46.8 Å². The maximum atomic E-state index is 12.6. The molecule has 1 aliphatic heterocycles. The van der Waals surface area contributed by atoms with Gasteiger partial charge in [0.25, 0.3) is 0 Å². The lowest BCUT2D eigenvalue weighted by molar-refractivity contribution is 0.0337. The smallest absolute Gasteiger partial charge is 0.319 e. The highest BCUT2D eigenvalue weighted by Gasteiger charge is 2.15. The molecule has 1 saturated heterocycles. The van der Waals surface area contributed by atoms with Gasteiger partial charge in [-0.25, -0.2) is 9.78 Å². The van der Waals surface area contributed by atoms with E-state index in [1.165, 1.54) is 0 Å². The number of amides is 2. The number of nitrogens with one attached hydrogen (secondary N) is 2. The van der Waals surface area contributed by atoms with Crippen LogP contribution in [0.3, 0.4) is 0 Å². The number of nitrogens with zero attached hydrogens (tertiary/aromatic N) is 3. The molecule has 0 unspecified atom stereocenters. The quantitative estimate of drug-likeness (QED) is 0.397. The number of ether oxygens (including phenoxy) is 1. The Balaban J connectivity index is 1.34. The van der Waals surface area contributed by atoms with Crippen LogP contribution in [0.4, 0.5) is 10.5 Å². The van der Waals surface area contributed by atoms with Crippen molar-refractivity contribution in [3.8, 4) is 10.6 Å². The lowest BCUT2D eigenvalue weighted by Gasteiger charge is -2.25. The molecule has 0 saturated carbocycles. The van der Waals surface area contributed by atoms with Crippen LogP contribution in [-0.2, 0) is 24.4 Å². The number of aryl methyl sites for hydroxylation is 1. The zero-order valence-corrected chi connectivity index (χ0v) is 20.1. The summed E-state index contributed by atoms with van der Waals surface area (Å²) in [5, 5.41) is 10.1. The van der Waals surface area contributed by atoms with Crippen molar-refractivity contribution in [3.63, 3.8) is 0 Å². The van der Waals surface area contributed by atoms with Crippen molar-refractivity contribution in [3.05, 3.63) is 71.4 Å². The van der Waals surface area contributed by atoms with Crippen molar-refractivity contribution in [1.29, 1.82) is 0 Å². The minimum Gasteiger partial charge on any atom is -0.379 e. The number of carbonyl (C=O) groups excluding carboxylic acids is 1. The molecular formula is C26H29N5O2S. The zero-order valence-electron chi connectivity index (χ0n) is 19.3. The second-order valence-electron chi connectivity index (χ2n) is 8.39. The van der Waals surface area contributed by atoms with Gasteiger partial charge in [-0.3, -0.25) is 4.90 Å². The predicted molar refractivity (Wildman–Crippen MR) is 137 cm³/mol. The molecule has 1 aliphatic rings. The number of rotatable bonds is 7. The number of benzene rings is 2. The Morgan fingerprint density at radius 3 is 2.76 bits per heavy atom. The fourth-order valence-corrected chi connectivity index (χ4v) is 5.04. The normalized spacial score (nSPS) is 14.4. The van der Waals surface area contributed by atoms with Gasteiger partial charge in [0.2, 0.25) is 0 Å². The topological polar surface area (TPSA) is 71.4 Å². The molecule has 0 bridgehead atoms. The Hall–Kier alpha value is -3.20. The van der Waals surface area contributed by atoms with Crippen LogP contribution in [0.2, 0.25) is 0 Å². The molecule has 5 rings (SSSR count). The number of urea groups is 1. The molecule has 0 aliphatic carbocycles. The molecule has 1 fully saturated rings. The highest BCUT2D eigenvalue weighted by atomic mass is 32.1. The van der Waals surface area contributed by atoms with Crippen molar-refractivity contribution in [1.82, 2.24) is 19.8 Å². The van der Waals surface area contributed by atoms with Crippen LogP contribution >= 0.6 is 11.3 Å². The van der Waals surface area contributed by atoms with E-state index in [0.717, 1.165) is 77.8 Å². The molecule has 3 heterocycles. The Morgan fingerprint density at radius 1 is 1.15 bits per heavy atom. The molecule has 2 amide bonds. The third-order valence-electron chi connectivity index (χ3n) is 6.05. The molecule has 0 radical (unpaired) electrons. The van der Waals surface area contributed by atoms with Crippen LogP contribution in [0.25, 0.3) is 21.5 Å². The lowest BCUT2D eigenvalue weighted by Crippen LogP contribution is -2.35. The summed E-state index contributed by atoms with van der Waals surface area (Å²) in [7, 11) is 0. The summed E-state index contributed by atoms with van der Waals surface area (Å²) >= 11 is 1.66. The number of fused-ring (bicyclic) bond motifs is 1. The minimum absolute atomic E-state index is 0.216. The molecule has 176 valence electrons. The molecule has 2 aromatic heterocycles. The monoisotopic (exact) mass is 475 g/mol. The molecule has 7 nitrogen and oxygen atoms in total. The molecule has 4 aromatic rings. The van der Waals surface area contributed by atoms with Gasteiger partial charge in [0.05, 0.1) is 30.1 Å². The van der Waals surface area contributed by atoms with Gasteiger partial charge in [-0.1, -0.05) is 30.3 Å². The van der Waals surface area contributed by atoms with E-state index in [-0.39, 0.29) is 6.03 Å². The minimum atomic E-state index is -0.216. The fraction of sp³-hybridized carbons (Fsp3) is 0.308. The van der Waals surface area contributed by atoms with Crippen LogP contribution in [0.1, 0.15) is 18.2 Å². The van der Waals surface area contributed by atoms with Gasteiger partial charge >= 0.3 is 6.03 Å². The first-order valence-electron chi connectivity index (χ1n) is 11.7. The van der Waals surface area contributed by atoms with E-state index in [0.29, 0.717) is 6.54 Å². The van der Waals surface area contributed by atoms with Gasteiger partial charge in [0, 0.05) is 55.3 Å². The summed E-state index contributed by atoms with van der Waals surface area (Å²) in [6.45, 7) is 7.73. The standard InChI is InChI=1S/C26H29N5O2S/c1-2-31-17-23(29-26(32)27-15-19-6-4-3-5-7-19)22-14-20(8-9-24(22)31)25-28-21(18-34-25)16-30-10-12-33-13-11-30/h3-9,14,17-18H,2,10-13,15-16H2,1H3,(H2,27,29,32). The number of thiazole rings is 1. The van der Waals surface area contributed by atoms with E-state index in [4.69, 9.17) is 9.72 Å². The molecule has 2 aromatic carbocycles. The molecule has 8 heteroatoms. The number of anilines is 1. The van der Waals surface area contributed by atoms with Gasteiger partial charge in [0.1, 0.15) is 5.01 Å². The summed E-state index contributed by atoms with van der Waals surface area (Å²) in [4.78, 5) is 19.9. The first kappa shape index (κ1) is 22.6. The number of hydrogen-bond donors (Lipinski definition) is 2. The summed E-state index contributed by atoms with van der Waals surface area (Å²) in [5.74, 6) is 0. The fourth-order valence-electron chi connectivity index (χ4n) is 4.24. The first-order valence-corrected chi connectivity index (χ1v) is 12.5. The van der Waals surface area contributed by atoms with E-state index >= 15 is 0 Å². The maximum absolute atomic E-state index is 12.6.